The van der Waals surface area contributed by atoms with Crippen molar-refractivity contribution >= 4 is 11.9 Å². The number of carbonyl (C=O) groups excluding carboxylic acids is 2. The van der Waals surface area contributed by atoms with Crippen LogP contribution in [0.15, 0.2) is 23.2 Å². The van der Waals surface area contributed by atoms with Crippen LogP contribution in [-0.4, -0.2) is 23.7 Å². The molecular formula is C9H10O5. The van der Waals surface area contributed by atoms with Gasteiger partial charge >= 0.3 is 11.9 Å². The Labute approximate surface area is 80.6 Å². The minimum absolute atomic E-state index is 0.0157. The van der Waals surface area contributed by atoms with E-state index < -0.39 is 23.3 Å². The van der Waals surface area contributed by atoms with Crippen molar-refractivity contribution in [3.63, 3.8) is 0 Å². The third-order valence-electron chi connectivity index (χ3n) is 1.62. The Morgan fingerprint density at radius 2 is 2.29 bits per heavy atom. The molecule has 0 radical (unpaired) electrons. The zero-order valence-electron chi connectivity index (χ0n) is 7.86. The van der Waals surface area contributed by atoms with Crippen LogP contribution < -0.4 is 0 Å². The molecule has 1 aliphatic heterocycles. The molecule has 1 aliphatic rings. The van der Waals surface area contributed by atoms with Crippen molar-refractivity contribution in [2.45, 2.75) is 13.8 Å². The van der Waals surface area contributed by atoms with Gasteiger partial charge in [0.15, 0.2) is 17.1 Å². The highest BCUT2D eigenvalue weighted by Crippen LogP contribution is 2.24. The maximum atomic E-state index is 11.2. The fourth-order valence-corrected chi connectivity index (χ4v) is 0.998. The van der Waals surface area contributed by atoms with Crippen LogP contribution in [0.5, 0.6) is 0 Å². The van der Waals surface area contributed by atoms with Crippen LogP contribution in [0.3, 0.4) is 0 Å². The molecule has 5 heteroatoms. The van der Waals surface area contributed by atoms with Gasteiger partial charge < -0.3 is 14.6 Å². The summed E-state index contributed by atoms with van der Waals surface area (Å²) in [5, 5.41) is 9.38. The van der Waals surface area contributed by atoms with Crippen molar-refractivity contribution in [3.05, 3.63) is 23.2 Å². The van der Waals surface area contributed by atoms with Gasteiger partial charge in [0.2, 0.25) is 0 Å². The second-order valence-corrected chi connectivity index (χ2v) is 2.49. The quantitative estimate of drug-likeness (QED) is 0.525. The largest absolute Gasteiger partial charge is 0.503 e. The number of esters is 2. The predicted molar refractivity (Wildman–Crippen MR) is 46.1 cm³/mol. The van der Waals surface area contributed by atoms with Crippen molar-refractivity contribution in [3.8, 4) is 0 Å². The molecule has 5 nitrogen and oxygen atoms in total. The van der Waals surface area contributed by atoms with Crippen molar-refractivity contribution in [1.82, 2.24) is 0 Å². The predicted octanol–water partition coefficient (Wildman–Crippen LogP) is 0.822. The summed E-state index contributed by atoms with van der Waals surface area (Å²) in [5.41, 5.74) is -0.444. The summed E-state index contributed by atoms with van der Waals surface area (Å²) in [6.45, 7) is 3.31. The monoisotopic (exact) mass is 198 g/mol. The van der Waals surface area contributed by atoms with E-state index in [1.54, 1.807) is 13.8 Å². The fourth-order valence-electron chi connectivity index (χ4n) is 0.998. The highest BCUT2D eigenvalue weighted by molar-refractivity contribution is 6.17. The molecule has 14 heavy (non-hydrogen) atoms. The van der Waals surface area contributed by atoms with Gasteiger partial charge in [0, 0.05) is 0 Å². The van der Waals surface area contributed by atoms with E-state index in [-0.39, 0.29) is 12.4 Å². The van der Waals surface area contributed by atoms with E-state index in [1.165, 1.54) is 6.08 Å². The van der Waals surface area contributed by atoms with E-state index >= 15 is 0 Å². The number of ether oxygens (including phenoxy) is 2. The van der Waals surface area contributed by atoms with Gasteiger partial charge in [-0.3, -0.25) is 0 Å². The van der Waals surface area contributed by atoms with E-state index in [0.29, 0.717) is 0 Å². The third-order valence-corrected chi connectivity index (χ3v) is 1.62. The zero-order valence-corrected chi connectivity index (χ0v) is 7.86. The lowest BCUT2D eigenvalue weighted by atomic mass is 10.2. The molecule has 1 heterocycles. The summed E-state index contributed by atoms with van der Waals surface area (Å²) >= 11 is 0. The Balaban J connectivity index is 3.01. The Morgan fingerprint density at radius 3 is 2.71 bits per heavy atom. The first-order valence-corrected chi connectivity index (χ1v) is 4.11. The molecule has 0 aromatic carbocycles. The summed E-state index contributed by atoms with van der Waals surface area (Å²) in [5.74, 6) is -2.23. The Kier molecular flexibility index (Phi) is 2.91. The number of rotatable bonds is 2. The van der Waals surface area contributed by atoms with E-state index in [2.05, 4.69) is 9.47 Å². The fraction of sp³-hybridized carbons (Fsp3) is 0.333. The van der Waals surface area contributed by atoms with Gasteiger partial charge in [0.25, 0.3) is 0 Å². The van der Waals surface area contributed by atoms with Crippen LogP contribution in [0.25, 0.3) is 0 Å². The van der Waals surface area contributed by atoms with Crippen LogP contribution in [0, 0.1) is 0 Å². The first-order chi connectivity index (χ1) is 6.61. The average molecular weight is 198 g/mol. The highest BCUT2D eigenvalue weighted by atomic mass is 16.6. The maximum absolute atomic E-state index is 11.2. The van der Waals surface area contributed by atoms with E-state index in [4.69, 9.17) is 0 Å². The molecular weight excluding hydrogens is 188 g/mol. The van der Waals surface area contributed by atoms with Crippen LogP contribution >= 0.6 is 0 Å². The summed E-state index contributed by atoms with van der Waals surface area (Å²) in [7, 11) is 0. The lowest BCUT2D eigenvalue weighted by Gasteiger charge is -1.98. The van der Waals surface area contributed by atoms with Gasteiger partial charge in [0.05, 0.1) is 6.61 Å². The summed E-state index contributed by atoms with van der Waals surface area (Å²) in [6, 6.07) is 0. The number of aliphatic hydroxyl groups excluding tert-OH is 1. The molecule has 0 bridgehead atoms. The number of aliphatic hydroxyl groups is 1. The lowest BCUT2D eigenvalue weighted by molar-refractivity contribution is -0.143. The first kappa shape index (κ1) is 10.3. The third kappa shape index (κ3) is 1.61. The molecule has 0 aromatic rings. The number of allylic oxidation sites excluding steroid dienone is 1. The Bertz CT molecular complexity index is 337. The second-order valence-electron chi connectivity index (χ2n) is 2.49. The second kappa shape index (κ2) is 3.95. The number of hydrogen-bond donors (Lipinski definition) is 1. The minimum atomic E-state index is -0.881. The zero-order chi connectivity index (χ0) is 10.7. The van der Waals surface area contributed by atoms with Gasteiger partial charge in [-0.15, -0.1) is 0 Å². The smallest absolute Gasteiger partial charge is 0.355 e. The minimum Gasteiger partial charge on any atom is -0.503 e. The molecule has 0 aromatic heterocycles. The number of cyclic esters (lactones) is 1. The molecule has 0 fully saturated rings. The summed E-state index contributed by atoms with van der Waals surface area (Å²) in [6.07, 6.45) is 1.39. The maximum Gasteiger partial charge on any atom is 0.355 e. The molecule has 0 spiro atoms. The van der Waals surface area contributed by atoms with Crippen molar-refractivity contribution in [2.24, 2.45) is 0 Å². The number of carbonyl (C=O) groups is 2. The summed E-state index contributed by atoms with van der Waals surface area (Å²) in [4.78, 5) is 22.2. The normalized spacial score (nSPS) is 18.7. The Hall–Kier alpha value is -1.78. The average Bonchev–Trinajstić information content (AvgIpc) is 2.41. The molecule has 76 valence electrons. The van der Waals surface area contributed by atoms with Crippen molar-refractivity contribution < 1.29 is 24.2 Å². The molecule has 0 saturated carbocycles. The van der Waals surface area contributed by atoms with Gasteiger partial charge in [-0.25, -0.2) is 9.59 Å². The van der Waals surface area contributed by atoms with Gasteiger partial charge in [-0.1, -0.05) is 0 Å². The molecule has 0 unspecified atom stereocenters. The lowest BCUT2D eigenvalue weighted by Crippen LogP contribution is -2.14. The first-order valence-electron chi connectivity index (χ1n) is 4.11. The molecule has 1 rings (SSSR count). The Morgan fingerprint density at radius 1 is 1.64 bits per heavy atom. The SMILES string of the molecule is C/C=C1/OC(=O)C(C(=O)OCC)=C1O. The van der Waals surface area contributed by atoms with Crippen LogP contribution in [0.4, 0.5) is 0 Å². The van der Waals surface area contributed by atoms with Gasteiger partial charge in [0.1, 0.15) is 0 Å². The summed E-state index contributed by atoms with van der Waals surface area (Å²) < 4.78 is 9.17. The standard InChI is InChI=1S/C9H10O5/c1-3-5-7(10)6(9(12)14-5)8(11)13-4-2/h3,10H,4H2,1-2H3/b5-3+. The topological polar surface area (TPSA) is 72.8 Å². The van der Waals surface area contributed by atoms with E-state index in [9.17, 15) is 14.7 Å². The molecule has 0 amide bonds. The van der Waals surface area contributed by atoms with Crippen molar-refractivity contribution in [2.75, 3.05) is 6.61 Å². The number of hydrogen-bond acceptors (Lipinski definition) is 5. The van der Waals surface area contributed by atoms with E-state index in [0.717, 1.165) is 0 Å². The molecule has 1 N–H and O–H groups in total. The van der Waals surface area contributed by atoms with Crippen LogP contribution in [0.2, 0.25) is 0 Å². The highest BCUT2D eigenvalue weighted by Gasteiger charge is 2.35. The molecule has 0 aliphatic carbocycles. The van der Waals surface area contributed by atoms with E-state index in [1.807, 2.05) is 0 Å². The van der Waals surface area contributed by atoms with Gasteiger partial charge in [-0.05, 0) is 19.9 Å². The van der Waals surface area contributed by atoms with Crippen molar-refractivity contribution in [1.29, 1.82) is 0 Å². The van der Waals surface area contributed by atoms with Gasteiger partial charge in [-0.2, -0.15) is 0 Å². The van der Waals surface area contributed by atoms with Crippen LogP contribution in [0.1, 0.15) is 13.8 Å². The molecule has 0 atom stereocenters. The van der Waals surface area contributed by atoms with Crippen LogP contribution in [-0.2, 0) is 19.1 Å². The molecule has 0 saturated heterocycles.